The number of ether oxygens (including phenoxy) is 3. The first kappa shape index (κ1) is 19.3. The van der Waals surface area contributed by atoms with Crippen LogP contribution in [-0.2, 0) is 4.79 Å². The zero-order valence-electron chi connectivity index (χ0n) is 16.4. The third-order valence-corrected chi connectivity index (χ3v) is 4.34. The van der Waals surface area contributed by atoms with Crippen LogP contribution in [0.25, 0.3) is 10.9 Å². The van der Waals surface area contributed by atoms with Gasteiger partial charge in [-0.25, -0.2) is 0 Å². The highest BCUT2D eigenvalue weighted by molar-refractivity contribution is 6.03. The Morgan fingerprint density at radius 3 is 2.39 bits per heavy atom. The Hall–Kier alpha value is -3.48. The topological polar surface area (TPSA) is 76.2 Å². The highest BCUT2D eigenvalue weighted by atomic mass is 16.5. The van der Waals surface area contributed by atoms with Crippen LogP contribution in [0.15, 0.2) is 47.7 Å². The van der Waals surface area contributed by atoms with Crippen molar-refractivity contribution in [2.75, 3.05) is 26.3 Å². The van der Waals surface area contributed by atoms with Crippen molar-refractivity contribution in [3.63, 3.8) is 0 Å². The van der Waals surface area contributed by atoms with E-state index in [4.69, 9.17) is 14.2 Å². The second kappa shape index (κ2) is 8.47. The molecule has 0 bridgehead atoms. The fraction of sp³-hybridized carbons (Fsp3) is 0.238. The summed E-state index contributed by atoms with van der Waals surface area (Å²) >= 11 is 0. The number of nitrogens with zero attached hydrogens (tertiary/aromatic N) is 2. The van der Waals surface area contributed by atoms with Crippen LogP contribution < -0.4 is 19.2 Å². The first-order valence-electron chi connectivity index (χ1n) is 8.86. The molecule has 0 aliphatic rings. The molecule has 7 heteroatoms. The van der Waals surface area contributed by atoms with Gasteiger partial charge in [-0.15, -0.1) is 0 Å². The number of anilines is 1. The molecule has 0 radical (unpaired) electrons. The van der Waals surface area contributed by atoms with Gasteiger partial charge in [0, 0.05) is 29.1 Å². The van der Waals surface area contributed by atoms with Crippen molar-refractivity contribution in [3.8, 4) is 17.2 Å². The Balaban J connectivity index is 2.02. The maximum atomic E-state index is 12.6. The van der Waals surface area contributed by atoms with E-state index in [9.17, 15) is 4.79 Å². The Kier molecular flexibility index (Phi) is 5.84. The minimum absolute atomic E-state index is 0.117. The van der Waals surface area contributed by atoms with Gasteiger partial charge in [-0.3, -0.25) is 4.79 Å². The number of hydrazone groups is 1. The quantitative estimate of drug-likeness (QED) is 0.496. The monoisotopic (exact) mass is 381 g/mol. The van der Waals surface area contributed by atoms with E-state index in [1.165, 1.54) is 5.01 Å². The third kappa shape index (κ3) is 3.64. The number of hydrogen-bond donors (Lipinski definition) is 1. The molecule has 3 aromatic rings. The molecule has 2 aromatic carbocycles. The second-order valence-corrected chi connectivity index (χ2v) is 5.98. The number of nitrogens with one attached hydrogen (secondary N) is 1. The maximum absolute atomic E-state index is 12.6. The summed E-state index contributed by atoms with van der Waals surface area (Å²) in [4.78, 5) is 15.7. The summed E-state index contributed by atoms with van der Waals surface area (Å²) in [5, 5.41) is 6.78. The number of rotatable bonds is 7. The SMILES string of the molecule is CCC(=O)N(N=Cc1cc(OC)c(OC)c(OC)c1)c1c[nH]c2ccccc12. The molecule has 0 aliphatic heterocycles. The van der Waals surface area contributed by atoms with E-state index in [-0.39, 0.29) is 5.91 Å². The Morgan fingerprint density at radius 2 is 1.79 bits per heavy atom. The number of para-hydroxylation sites is 1. The number of hydrogen-bond acceptors (Lipinski definition) is 5. The van der Waals surface area contributed by atoms with Gasteiger partial charge in [0.05, 0.1) is 33.2 Å². The lowest BCUT2D eigenvalue weighted by atomic mass is 10.2. The maximum Gasteiger partial charge on any atom is 0.247 e. The number of H-pyrrole nitrogens is 1. The molecular formula is C21H23N3O4. The van der Waals surface area contributed by atoms with Crippen LogP contribution in [0.2, 0.25) is 0 Å². The van der Waals surface area contributed by atoms with Crippen LogP contribution in [0.3, 0.4) is 0 Å². The van der Waals surface area contributed by atoms with Gasteiger partial charge in [0.15, 0.2) is 11.5 Å². The summed E-state index contributed by atoms with van der Waals surface area (Å²) in [7, 11) is 4.65. The molecule has 1 amide bonds. The van der Waals surface area contributed by atoms with Gasteiger partial charge in [0.1, 0.15) is 0 Å². The normalized spacial score (nSPS) is 11.0. The van der Waals surface area contributed by atoms with Gasteiger partial charge in [-0.2, -0.15) is 10.1 Å². The molecular weight excluding hydrogens is 358 g/mol. The van der Waals surface area contributed by atoms with E-state index < -0.39 is 0 Å². The van der Waals surface area contributed by atoms with Crippen molar-refractivity contribution in [2.24, 2.45) is 5.10 Å². The first-order valence-corrected chi connectivity index (χ1v) is 8.86. The van der Waals surface area contributed by atoms with Gasteiger partial charge >= 0.3 is 0 Å². The van der Waals surface area contributed by atoms with Crippen LogP contribution in [0.4, 0.5) is 5.69 Å². The molecule has 146 valence electrons. The van der Waals surface area contributed by atoms with Gasteiger partial charge in [0.2, 0.25) is 11.7 Å². The fourth-order valence-corrected chi connectivity index (χ4v) is 2.94. The predicted octanol–water partition coefficient (Wildman–Crippen LogP) is 3.97. The number of benzene rings is 2. The van der Waals surface area contributed by atoms with Crippen molar-refractivity contribution >= 4 is 28.7 Å². The average Bonchev–Trinajstić information content (AvgIpc) is 3.16. The molecule has 1 aromatic heterocycles. The van der Waals surface area contributed by atoms with Crippen LogP contribution >= 0.6 is 0 Å². The molecule has 7 nitrogen and oxygen atoms in total. The third-order valence-electron chi connectivity index (χ3n) is 4.34. The zero-order valence-corrected chi connectivity index (χ0v) is 16.4. The summed E-state index contributed by atoms with van der Waals surface area (Å²) in [6.45, 7) is 1.80. The number of fused-ring (bicyclic) bond motifs is 1. The van der Waals surface area contributed by atoms with E-state index in [2.05, 4.69) is 10.1 Å². The van der Waals surface area contributed by atoms with Crippen molar-refractivity contribution in [3.05, 3.63) is 48.2 Å². The largest absolute Gasteiger partial charge is 0.493 e. The minimum Gasteiger partial charge on any atom is -0.493 e. The molecule has 0 saturated heterocycles. The molecule has 28 heavy (non-hydrogen) atoms. The Morgan fingerprint density at radius 1 is 1.11 bits per heavy atom. The van der Waals surface area contributed by atoms with Gasteiger partial charge in [0.25, 0.3) is 0 Å². The highest BCUT2D eigenvalue weighted by Crippen LogP contribution is 2.38. The second-order valence-electron chi connectivity index (χ2n) is 5.98. The minimum atomic E-state index is -0.117. The first-order chi connectivity index (χ1) is 13.6. The van der Waals surface area contributed by atoms with Gasteiger partial charge < -0.3 is 19.2 Å². The molecule has 0 aliphatic carbocycles. The summed E-state index contributed by atoms with van der Waals surface area (Å²) in [5.74, 6) is 1.42. The highest BCUT2D eigenvalue weighted by Gasteiger charge is 2.17. The molecule has 1 N–H and O–H groups in total. The molecule has 3 rings (SSSR count). The smallest absolute Gasteiger partial charge is 0.247 e. The van der Waals surface area contributed by atoms with Crippen molar-refractivity contribution in [1.82, 2.24) is 4.98 Å². The Bertz CT molecular complexity index is 985. The van der Waals surface area contributed by atoms with Gasteiger partial charge in [-0.05, 0) is 18.2 Å². The standard InChI is InChI=1S/C21H23N3O4/c1-5-20(25)24(17-13-22-16-9-7-6-8-15(16)17)23-12-14-10-18(26-2)21(28-4)19(11-14)27-3/h6-13,22H,5H2,1-4H3. The average molecular weight is 381 g/mol. The molecule has 0 atom stereocenters. The Labute approximate surface area is 163 Å². The van der Waals surface area contributed by atoms with E-state index in [0.29, 0.717) is 34.9 Å². The van der Waals surface area contributed by atoms with E-state index in [0.717, 1.165) is 10.9 Å². The van der Waals surface area contributed by atoms with Crippen LogP contribution in [0.1, 0.15) is 18.9 Å². The number of amides is 1. The predicted molar refractivity (Wildman–Crippen MR) is 110 cm³/mol. The summed E-state index contributed by atoms with van der Waals surface area (Å²) in [6, 6.07) is 11.3. The summed E-state index contributed by atoms with van der Waals surface area (Å²) in [6.07, 6.45) is 3.71. The molecule has 0 unspecified atom stereocenters. The number of aromatic nitrogens is 1. The molecule has 1 heterocycles. The van der Waals surface area contributed by atoms with Crippen LogP contribution in [-0.4, -0.2) is 38.4 Å². The number of carbonyl (C=O) groups excluding carboxylic acids is 1. The lowest BCUT2D eigenvalue weighted by molar-refractivity contribution is -0.118. The van der Waals surface area contributed by atoms with E-state index >= 15 is 0 Å². The van der Waals surface area contributed by atoms with Crippen molar-refractivity contribution < 1.29 is 19.0 Å². The van der Waals surface area contributed by atoms with E-state index in [1.807, 2.05) is 24.3 Å². The number of aromatic amines is 1. The van der Waals surface area contributed by atoms with Crippen molar-refractivity contribution in [1.29, 1.82) is 0 Å². The lowest BCUT2D eigenvalue weighted by Gasteiger charge is -2.16. The fourth-order valence-electron chi connectivity index (χ4n) is 2.94. The molecule has 0 spiro atoms. The van der Waals surface area contributed by atoms with E-state index in [1.54, 1.807) is 52.8 Å². The summed E-state index contributed by atoms with van der Waals surface area (Å²) < 4.78 is 16.1. The molecule has 0 fully saturated rings. The zero-order chi connectivity index (χ0) is 20.1. The summed E-state index contributed by atoms with van der Waals surface area (Å²) in [5.41, 5.74) is 2.35. The van der Waals surface area contributed by atoms with Gasteiger partial charge in [-0.1, -0.05) is 25.1 Å². The van der Waals surface area contributed by atoms with Crippen LogP contribution in [0.5, 0.6) is 17.2 Å². The van der Waals surface area contributed by atoms with Crippen molar-refractivity contribution in [2.45, 2.75) is 13.3 Å². The number of methoxy groups -OCH3 is 3. The molecule has 0 saturated carbocycles. The van der Waals surface area contributed by atoms with Crippen LogP contribution in [0, 0.1) is 0 Å². The number of carbonyl (C=O) groups is 1. The lowest BCUT2D eigenvalue weighted by Crippen LogP contribution is -2.24.